The summed E-state index contributed by atoms with van der Waals surface area (Å²) in [4.78, 5) is 12.1. The number of hydrogen-bond donors (Lipinski definition) is 1. The first kappa shape index (κ1) is 14.2. The number of carbonyl (C=O) groups is 1. The van der Waals surface area contributed by atoms with E-state index in [2.05, 4.69) is 0 Å². The van der Waals surface area contributed by atoms with Gasteiger partial charge in [0.2, 0.25) is 0 Å². The number of ether oxygens (including phenoxy) is 1. The minimum atomic E-state index is -4.46. The third-order valence-corrected chi connectivity index (χ3v) is 2.97. The molecule has 4 nitrogen and oxygen atoms in total. The van der Waals surface area contributed by atoms with E-state index in [0.29, 0.717) is 0 Å². The Morgan fingerprint density at radius 1 is 1.47 bits per heavy atom. The Morgan fingerprint density at radius 3 is 2.29 bits per heavy atom. The monoisotopic (exact) mass is 255 g/mol. The predicted octanol–water partition coefficient (Wildman–Crippen LogP) is 1.50. The van der Waals surface area contributed by atoms with E-state index in [1.54, 1.807) is 6.92 Å². The summed E-state index contributed by atoms with van der Waals surface area (Å²) in [7, 11) is 0. The molecule has 0 unspecified atom stereocenters. The molecule has 0 bridgehead atoms. The Balaban J connectivity index is 2.71. The van der Waals surface area contributed by atoms with Crippen LogP contribution in [0, 0.1) is 0 Å². The standard InChI is InChI=1S/C10H16F3NO3/c1-3-7(8(15)16)14-5-9(6-14,17-4-2)10(11,12)13/h7H,3-6H2,1-2H3,(H,15,16)/t7-/m0/s1. The zero-order valence-corrected chi connectivity index (χ0v) is 9.75. The molecule has 1 aliphatic rings. The quantitative estimate of drug-likeness (QED) is 0.809. The highest BCUT2D eigenvalue weighted by atomic mass is 19.4. The van der Waals surface area contributed by atoms with Crippen LogP contribution < -0.4 is 0 Å². The second kappa shape index (κ2) is 4.81. The zero-order valence-electron chi connectivity index (χ0n) is 9.75. The summed E-state index contributed by atoms with van der Waals surface area (Å²) in [6.07, 6.45) is -4.19. The van der Waals surface area contributed by atoms with Crippen molar-refractivity contribution in [1.82, 2.24) is 4.90 Å². The number of carboxylic acid groups (broad SMARTS) is 1. The van der Waals surface area contributed by atoms with Crippen LogP contribution in [0.25, 0.3) is 0 Å². The topological polar surface area (TPSA) is 49.8 Å². The molecule has 1 heterocycles. The van der Waals surface area contributed by atoms with E-state index in [4.69, 9.17) is 9.84 Å². The number of halogens is 3. The second-order valence-electron chi connectivity index (χ2n) is 4.09. The molecular weight excluding hydrogens is 239 g/mol. The van der Waals surface area contributed by atoms with Gasteiger partial charge in [-0.3, -0.25) is 9.69 Å². The lowest BCUT2D eigenvalue weighted by Crippen LogP contribution is -2.73. The number of aliphatic carboxylic acids is 1. The average Bonchev–Trinajstić information content (AvgIpc) is 2.12. The Hall–Kier alpha value is -0.820. The molecule has 1 fully saturated rings. The third-order valence-electron chi connectivity index (χ3n) is 2.97. The minimum Gasteiger partial charge on any atom is -0.480 e. The largest absolute Gasteiger partial charge is 0.480 e. The Bertz CT molecular complexity index is 287. The third kappa shape index (κ3) is 2.55. The molecular formula is C10H16F3NO3. The maximum atomic E-state index is 12.8. The molecule has 7 heteroatoms. The van der Waals surface area contributed by atoms with E-state index in [1.807, 2.05) is 0 Å². The van der Waals surface area contributed by atoms with Gasteiger partial charge in [0, 0.05) is 19.7 Å². The van der Waals surface area contributed by atoms with E-state index in [0.717, 1.165) is 0 Å². The molecule has 0 spiro atoms. The maximum Gasteiger partial charge on any atom is 0.419 e. The first-order chi connectivity index (χ1) is 7.77. The molecule has 0 aromatic carbocycles. The fraction of sp³-hybridized carbons (Fsp3) is 0.900. The van der Waals surface area contributed by atoms with Crippen LogP contribution in [-0.4, -0.2) is 53.5 Å². The molecule has 0 amide bonds. The second-order valence-corrected chi connectivity index (χ2v) is 4.09. The van der Waals surface area contributed by atoms with Gasteiger partial charge in [-0.15, -0.1) is 0 Å². The van der Waals surface area contributed by atoms with E-state index in [9.17, 15) is 18.0 Å². The molecule has 17 heavy (non-hydrogen) atoms. The summed E-state index contributed by atoms with van der Waals surface area (Å²) in [6.45, 7) is 2.26. The van der Waals surface area contributed by atoms with Gasteiger partial charge in [-0.25, -0.2) is 0 Å². The molecule has 0 aromatic rings. The number of alkyl halides is 3. The van der Waals surface area contributed by atoms with Crippen molar-refractivity contribution in [2.45, 2.75) is 38.1 Å². The smallest absolute Gasteiger partial charge is 0.419 e. The van der Waals surface area contributed by atoms with Gasteiger partial charge in [-0.2, -0.15) is 13.2 Å². The Kier molecular flexibility index (Phi) is 4.03. The normalized spacial score (nSPS) is 21.9. The Morgan fingerprint density at radius 2 is 2.00 bits per heavy atom. The van der Waals surface area contributed by atoms with E-state index < -0.39 is 36.9 Å². The van der Waals surface area contributed by atoms with Gasteiger partial charge < -0.3 is 9.84 Å². The highest BCUT2D eigenvalue weighted by molar-refractivity contribution is 5.73. The molecule has 0 radical (unpaired) electrons. The van der Waals surface area contributed by atoms with Crippen molar-refractivity contribution in [3.63, 3.8) is 0 Å². The average molecular weight is 255 g/mol. The van der Waals surface area contributed by atoms with Crippen LogP contribution in [0.1, 0.15) is 20.3 Å². The molecule has 0 aliphatic carbocycles. The van der Waals surface area contributed by atoms with Crippen molar-refractivity contribution in [3.05, 3.63) is 0 Å². The van der Waals surface area contributed by atoms with E-state index in [1.165, 1.54) is 11.8 Å². The highest BCUT2D eigenvalue weighted by Gasteiger charge is 2.64. The van der Waals surface area contributed by atoms with E-state index >= 15 is 0 Å². The first-order valence-corrected chi connectivity index (χ1v) is 5.45. The molecule has 100 valence electrons. The van der Waals surface area contributed by atoms with Crippen molar-refractivity contribution in [3.8, 4) is 0 Å². The predicted molar refractivity (Wildman–Crippen MR) is 53.7 cm³/mol. The van der Waals surface area contributed by atoms with Gasteiger partial charge in [0.15, 0.2) is 5.60 Å². The van der Waals surface area contributed by atoms with Crippen molar-refractivity contribution >= 4 is 5.97 Å². The summed E-state index contributed by atoms with van der Waals surface area (Å²) < 4.78 is 43.1. The SMILES string of the molecule is CCOC1(C(F)(F)F)CN([C@@H](CC)C(=O)O)C1. The fourth-order valence-corrected chi connectivity index (χ4v) is 2.05. The van der Waals surface area contributed by atoms with Crippen LogP contribution in [0.3, 0.4) is 0 Å². The lowest BCUT2D eigenvalue weighted by atomic mass is 9.90. The van der Waals surface area contributed by atoms with Crippen molar-refractivity contribution in [2.24, 2.45) is 0 Å². The van der Waals surface area contributed by atoms with Crippen molar-refractivity contribution in [2.75, 3.05) is 19.7 Å². The molecule has 1 rings (SSSR count). The molecule has 0 saturated carbocycles. The highest BCUT2D eigenvalue weighted by Crippen LogP contribution is 2.41. The summed E-state index contributed by atoms with van der Waals surface area (Å²) in [5.41, 5.74) is -2.19. The van der Waals surface area contributed by atoms with Crippen LogP contribution >= 0.6 is 0 Å². The summed E-state index contributed by atoms with van der Waals surface area (Å²) >= 11 is 0. The minimum absolute atomic E-state index is 0.0444. The van der Waals surface area contributed by atoms with Crippen LogP contribution in [0.5, 0.6) is 0 Å². The maximum absolute atomic E-state index is 12.8. The Labute approximate surface area is 97.3 Å². The van der Waals surface area contributed by atoms with Gasteiger partial charge in [0.05, 0.1) is 0 Å². The van der Waals surface area contributed by atoms with Crippen LogP contribution in [0.4, 0.5) is 13.2 Å². The fourth-order valence-electron chi connectivity index (χ4n) is 2.05. The summed E-state index contributed by atoms with van der Waals surface area (Å²) in [5.74, 6) is -1.10. The van der Waals surface area contributed by atoms with Gasteiger partial charge in [-0.05, 0) is 13.3 Å². The van der Waals surface area contributed by atoms with Crippen LogP contribution in [0.2, 0.25) is 0 Å². The molecule has 1 aliphatic heterocycles. The summed E-state index contributed by atoms with van der Waals surface area (Å²) in [5, 5.41) is 8.85. The number of rotatable bonds is 5. The van der Waals surface area contributed by atoms with Gasteiger partial charge in [-0.1, -0.05) is 6.92 Å². The van der Waals surface area contributed by atoms with E-state index in [-0.39, 0.29) is 13.0 Å². The molecule has 0 aromatic heterocycles. The lowest BCUT2D eigenvalue weighted by molar-refractivity contribution is -0.321. The molecule has 1 saturated heterocycles. The number of nitrogens with zero attached hydrogens (tertiary/aromatic N) is 1. The van der Waals surface area contributed by atoms with Gasteiger partial charge >= 0.3 is 12.1 Å². The number of carboxylic acids is 1. The molecule has 1 N–H and O–H groups in total. The van der Waals surface area contributed by atoms with Gasteiger partial charge in [0.25, 0.3) is 0 Å². The van der Waals surface area contributed by atoms with Crippen molar-refractivity contribution in [1.29, 1.82) is 0 Å². The van der Waals surface area contributed by atoms with Crippen LogP contribution in [0.15, 0.2) is 0 Å². The zero-order chi connectivity index (χ0) is 13.3. The van der Waals surface area contributed by atoms with Crippen LogP contribution in [-0.2, 0) is 9.53 Å². The van der Waals surface area contributed by atoms with Gasteiger partial charge in [0.1, 0.15) is 6.04 Å². The lowest BCUT2D eigenvalue weighted by Gasteiger charge is -2.51. The van der Waals surface area contributed by atoms with Crippen molar-refractivity contribution < 1.29 is 27.8 Å². The summed E-state index contributed by atoms with van der Waals surface area (Å²) in [6, 6.07) is -0.870. The number of hydrogen-bond acceptors (Lipinski definition) is 3. The first-order valence-electron chi connectivity index (χ1n) is 5.45. The molecule has 1 atom stereocenters. The number of likely N-dealkylation sites (tertiary alicyclic amines) is 1.